The van der Waals surface area contributed by atoms with E-state index in [2.05, 4.69) is 15.2 Å². The SMILES string of the molecule is CCOc1ccccc1OC1CCCN(c2cncc(Nc3ccc(C)c(-c4cccc(CC(C)(C)C(=O)O)c4)n3)n2)C1. The summed E-state index contributed by atoms with van der Waals surface area (Å²) in [5.74, 6) is 2.72. The van der Waals surface area contributed by atoms with Gasteiger partial charge >= 0.3 is 5.97 Å². The predicted molar refractivity (Wildman–Crippen MR) is 168 cm³/mol. The average molecular weight is 582 g/mol. The Kier molecular flexibility index (Phi) is 9.09. The number of carboxylic acid groups (broad SMARTS) is 1. The summed E-state index contributed by atoms with van der Waals surface area (Å²) in [6.45, 7) is 9.61. The van der Waals surface area contributed by atoms with Crippen LogP contribution in [0.1, 0.15) is 44.7 Å². The molecule has 1 aliphatic rings. The van der Waals surface area contributed by atoms with Gasteiger partial charge in [-0.3, -0.25) is 9.78 Å². The van der Waals surface area contributed by atoms with Crippen molar-refractivity contribution in [3.8, 4) is 22.8 Å². The highest BCUT2D eigenvalue weighted by Crippen LogP contribution is 2.31. The summed E-state index contributed by atoms with van der Waals surface area (Å²) >= 11 is 0. The number of aryl methyl sites for hydroxylation is 1. The Morgan fingerprint density at radius 1 is 1.05 bits per heavy atom. The molecule has 2 aromatic carbocycles. The van der Waals surface area contributed by atoms with Crippen LogP contribution in [0.25, 0.3) is 11.3 Å². The summed E-state index contributed by atoms with van der Waals surface area (Å²) in [4.78, 5) is 28.1. The van der Waals surface area contributed by atoms with Gasteiger partial charge in [-0.15, -0.1) is 0 Å². The fraction of sp³-hybridized carbons (Fsp3) is 0.353. The molecule has 1 aliphatic heterocycles. The summed E-state index contributed by atoms with van der Waals surface area (Å²) in [6.07, 6.45) is 5.83. The summed E-state index contributed by atoms with van der Waals surface area (Å²) in [7, 11) is 0. The highest BCUT2D eigenvalue weighted by atomic mass is 16.5. The van der Waals surface area contributed by atoms with Gasteiger partial charge in [0.1, 0.15) is 17.7 Å². The van der Waals surface area contributed by atoms with Gasteiger partial charge in [-0.1, -0.05) is 36.4 Å². The van der Waals surface area contributed by atoms with Crippen LogP contribution in [-0.4, -0.2) is 51.8 Å². The molecule has 2 N–H and O–H groups in total. The molecular formula is C34H39N5O4. The number of para-hydroxylation sites is 2. The molecule has 4 aromatic rings. The topological polar surface area (TPSA) is 110 Å². The number of aromatic nitrogens is 3. The molecule has 0 amide bonds. The van der Waals surface area contributed by atoms with Crippen LogP contribution >= 0.6 is 0 Å². The Balaban J connectivity index is 1.30. The summed E-state index contributed by atoms with van der Waals surface area (Å²) in [5.41, 5.74) is 2.87. The molecule has 3 heterocycles. The van der Waals surface area contributed by atoms with Crippen LogP contribution in [0.5, 0.6) is 11.5 Å². The maximum atomic E-state index is 11.7. The monoisotopic (exact) mass is 581 g/mol. The lowest BCUT2D eigenvalue weighted by Gasteiger charge is -2.33. The smallest absolute Gasteiger partial charge is 0.309 e. The first kappa shape index (κ1) is 29.8. The van der Waals surface area contributed by atoms with Crippen LogP contribution in [0, 0.1) is 12.3 Å². The van der Waals surface area contributed by atoms with Crippen LogP contribution in [0.4, 0.5) is 17.5 Å². The molecule has 224 valence electrons. The minimum absolute atomic E-state index is 0.00642. The molecule has 1 unspecified atom stereocenters. The van der Waals surface area contributed by atoms with Gasteiger partial charge in [0.05, 0.1) is 36.7 Å². The van der Waals surface area contributed by atoms with Crippen molar-refractivity contribution in [1.82, 2.24) is 15.0 Å². The van der Waals surface area contributed by atoms with Crippen molar-refractivity contribution >= 4 is 23.4 Å². The number of carbonyl (C=O) groups is 1. The molecule has 0 aliphatic carbocycles. The van der Waals surface area contributed by atoms with E-state index in [1.807, 2.05) is 74.5 Å². The Labute approximate surface area is 252 Å². The quantitative estimate of drug-likeness (QED) is 0.200. The molecule has 9 heteroatoms. The number of hydrogen-bond acceptors (Lipinski definition) is 8. The number of carboxylic acids is 1. The number of nitrogens with one attached hydrogen (secondary N) is 1. The third kappa shape index (κ3) is 7.41. The minimum Gasteiger partial charge on any atom is -0.490 e. The Morgan fingerprint density at radius 3 is 2.65 bits per heavy atom. The lowest BCUT2D eigenvalue weighted by Crippen LogP contribution is -2.41. The standard InChI is InChI=1S/C34H39N5O4/c1-5-42-27-13-6-7-14-28(27)43-26-12-9-17-39(22-26)31-21-35-20-30(37-31)36-29-16-15-23(2)32(38-29)25-11-8-10-24(18-25)19-34(3,4)33(40)41/h6-8,10-11,13-16,18,20-21,26H,5,9,12,17,19,22H2,1-4H3,(H,40,41)(H,36,37,38). The Morgan fingerprint density at radius 2 is 1.86 bits per heavy atom. The van der Waals surface area contributed by atoms with Crippen LogP contribution in [0.3, 0.4) is 0 Å². The number of ether oxygens (including phenoxy) is 2. The van der Waals surface area contributed by atoms with Gasteiger partial charge in [0.25, 0.3) is 0 Å². The summed E-state index contributed by atoms with van der Waals surface area (Å²) in [5, 5.41) is 12.9. The lowest BCUT2D eigenvalue weighted by atomic mass is 9.85. The van der Waals surface area contributed by atoms with Crippen molar-refractivity contribution in [1.29, 1.82) is 0 Å². The summed E-state index contributed by atoms with van der Waals surface area (Å²) < 4.78 is 12.1. The number of anilines is 3. The van der Waals surface area contributed by atoms with E-state index < -0.39 is 11.4 Å². The second-order valence-corrected chi connectivity index (χ2v) is 11.5. The van der Waals surface area contributed by atoms with Crippen LogP contribution in [0.15, 0.2) is 73.1 Å². The van der Waals surface area contributed by atoms with Gasteiger partial charge in [0.2, 0.25) is 0 Å². The number of hydrogen-bond donors (Lipinski definition) is 2. The first-order valence-corrected chi connectivity index (χ1v) is 14.7. The van der Waals surface area contributed by atoms with Crippen molar-refractivity contribution in [3.05, 3.63) is 84.2 Å². The molecule has 1 fully saturated rings. The van der Waals surface area contributed by atoms with Gasteiger partial charge in [-0.2, -0.15) is 0 Å². The minimum atomic E-state index is -0.858. The predicted octanol–water partition coefficient (Wildman–Crippen LogP) is 6.69. The molecule has 2 aromatic heterocycles. The average Bonchev–Trinajstić information content (AvgIpc) is 2.99. The molecule has 5 rings (SSSR count). The number of nitrogens with zero attached hydrogens (tertiary/aromatic N) is 4. The molecule has 0 bridgehead atoms. The third-order valence-corrected chi connectivity index (χ3v) is 7.55. The fourth-order valence-corrected chi connectivity index (χ4v) is 5.25. The van der Waals surface area contributed by atoms with Crippen molar-refractivity contribution in [2.45, 2.75) is 53.1 Å². The molecule has 0 saturated carbocycles. The number of benzene rings is 2. The van der Waals surface area contributed by atoms with E-state index in [4.69, 9.17) is 19.4 Å². The van der Waals surface area contributed by atoms with Crippen molar-refractivity contribution < 1.29 is 19.4 Å². The highest BCUT2D eigenvalue weighted by molar-refractivity contribution is 5.74. The van der Waals surface area contributed by atoms with E-state index in [1.165, 1.54) is 0 Å². The Bertz CT molecular complexity index is 1570. The van der Waals surface area contributed by atoms with Crippen LogP contribution < -0.4 is 19.7 Å². The van der Waals surface area contributed by atoms with E-state index in [1.54, 1.807) is 26.2 Å². The van der Waals surface area contributed by atoms with Crippen LogP contribution in [0.2, 0.25) is 0 Å². The molecular weight excluding hydrogens is 542 g/mol. The van der Waals surface area contributed by atoms with Gasteiger partial charge < -0.3 is 24.8 Å². The van der Waals surface area contributed by atoms with Crippen LogP contribution in [-0.2, 0) is 11.2 Å². The van der Waals surface area contributed by atoms with Gasteiger partial charge in [-0.05, 0) is 82.3 Å². The molecule has 1 saturated heterocycles. The van der Waals surface area contributed by atoms with E-state index >= 15 is 0 Å². The normalized spacial score (nSPS) is 15.2. The molecule has 43 heavy (non-hydrogen) atoms. The fourth-order valence-electron chi connectivity index (χ4n) is 5.25. The van der Waals surface area contributed by atoms with Gasteiger partial charge in [-0.25, -0.2) is 9.97 Å². The zero-order valence-corrected chi connectivity index (χ0v) is 25.2. The first-order valence-electron chi connectivity index (χ1n) is 14.7. The second-order valence-electron chi connectivity index (χ2n) is 11.5. The van der Waals surface area contributed by atoms with Crippen molar-refractivity contribution in [3.63, 3.8) is 0 Å². The number of rotatable bonds is 11. The lowest BCUT2D eigenvalue weighted by molar-refractivity contribution is -0.146. The number of pyridine rings is 1. The molecule has 1 atom stereocenters. The van der Waals surface area contributed by atoms with Gasteiger partial charge in [0.15, 0.2) is 17.3 Å². The summed E-state index contributed by atoms with van der Waals surface area (Å²) in [6, 6.07) is 19.7. The highest BCUT2D eigenvalue weighted by Gasteiger charge is 2.27. The third-order valence-electron chi connectivity index (χ3n) is 7.55. The van der Waals surface area contributed by atoms with E-state index in [0.717, 1.165) is 59.1 Å². The van der Waals surface area contributed by atoms with E-state index in [-0.39, 0.29) is 6.10 Å². The molecule has 0 radical (unpaired) electrons. The Hall–Kier alpha value is -4.66. The zero-order chi connectivity index (χ0) is 30.4. The maximum absolute atomic E-state index is 11.7. The van der Waals surface area contributed by atoms with E-state index in [0.29, 0.717) is 31.2 Å². The number of piperidine rings is 1. The largest absolute Gasteiger partial charge is 0.490 e. The second kappa shape index (κ2) is 13.1. The van der Waals surface area contributed by atoms with Crippen molar-refractivity contribution in [2.75, 3.05) is 29.9 Å². The molecule has 9 nitrogen and oxygen atoms in total. The van der Waals surface area contributed by atoms with Crippen molar-refractivity contribution in [2.24, 2.45) is 5.41 Å². The van der Waals surface area contributed by atoms with E-state index in [9.17, 15) is 9.90 Å². The zero-order valence-electron chi connectivity index (χ0n) is 25.2. The first-order chi connectivity index (χ1) is 20.7. The van der Waals surface area contributed by atoms with Gasteiger partial charge in [0, 0.05) is 12.1 Å². The molecule has 0 spiro atoms. The number of aliphatic carboxylic acids is 1. The maximum Gasteiger partial charge on any atom is 0.309 e.